The molecule has 0 saturated carbocycles. The SMILES string of the molecule is CC(C)C(=O)NCCNC(=O)C1CCN(C(=O)c2cccs2)CC1. The molecule has 3 amide bonds. The van der Waals surface area contributed by atoms with Crippen LogP contribution in [0.5, 0.6) is 0 Å². The number of rotatable bonds is 6. The molecule has 2 rings (SSSR count). The van der Waals surface area contributed by atoms with Gasteiger partial charge in [-0.05, 0) is 24.3 Å². The first-order valence-electron chi connectivity index (χ1n) is 8.37. The number of likely N-dealkylation sites (tertiary alicyclic amines) is 1. The molecule has 7 heteroatoms. The number of hydrogen-bond donors (Lipinski definition) is 2. The van der Waals surface area contributed by atoms with Gasteiger partial charge in [-0.1, -0.05) is 19.9 Å². The standard InChI is InChI=1S/C17H25N3O3S/c1-12(2)15(21)18-7-8-19-16(22)13-5-9-20(10-6-13)17(23)14-4-3-11-24-14/h3-4,11-13H,5-10H2,1-2H3,(H,18,21)(H,19,22). The lowest BCUT2D eigenvalue weighted by molar-refractivity contribution is -0.127. The summed E-state index contributed by atoms with van der Waals surface area (Å²) in [6.07, 6.45) is 1.36. The monoisotopic (exact) mass is 351 g/mol. The van der Waals surface area contributed by atoms with Gasteiger partial charge >= 0.3 is 0 Å². The fourth-order valence-corrected chi connectivity index (χ4v) is 3.31. The molecule has 0 bridgehead atoms. The molecule has 1 aliphatic heterocycles. The van der Waals surface area contributed by atoms with Crippen molar-refractivity contribution in [3.05, 3.63) is 22.4 Å². The minimum Gasteiger partial charge on any atom is -0.354 e. The molecule has 6 nitrogen and oxygen atoms in total. The van der Waals surface area contributed by atoms with Gasteiger partial charge in [0.1, 0.15) is 0 Å². The first kappa shape index (κ1) is 18.4. The van der Waals surface area contributed by atoms with E-state index in [1.54, 1.807) is 0 Å². The summed E-state index contributed by atoms with van der Waals surface area (Å²) in [5, 5.41) is 7.53. The Morgan fingerprint density at radius 1 is 1.21 bits per heavy atom. The van der Waals surface area contributed by atoms with Crippen LogP contribution in [0.25, 0.3) is 0 Å². The maximum absolute atomic E-state index is 12.3. The van der Waals surface area contributed by atoms with E-state index in [1.165, 1.54) is 11.3 Å². The fraction of sp³-hybridized carbons (Fsp3) is 0.588. The predicted molar refractivity (Wildman–Crippen MR) is 93.8 cm³/mol. The van der Waals surface area contributed by atoms with E-state index in [2.05, 4.69) is 10.6 Å². The quantitative estimate of drug-likeness (QED) is 0.762. The van der Waals surface area contributed by atoms with Gasteiger partial charge in [-0.25, -0.2) is 0 Å². The summed E-state index contributed by atoms with van der Waals surface area (Å²) >= 11 is 1.44. The van der Waals surface area contributed by atoms with Crippen LogP contribution in [0.1, 0.15) is 36.4 Å². The Morgan fingerprint density at radius 3 is 2.46 bits per heavy atom. The number of carbonyl (C=O) groups is 3. The lowest BCUT2D eigenvalue weighted by Crippen LogP contribution is -2.44. The summed E-state index contributed by atoms with van der Waals surface area (Å²) in [4.78, 5) is 38.4. The lowest BCUT2D eigenvalue weighted by Gasteiger charge is -2.31. The molecule has 1 saturated heterocycles. The zero-order valence-corrected chi connectivity index (χ0v) is 15.0. The van der Waals surface area contributed by atoms with Crippen LogP contribution in [0.2, 0.25) is 0 Å². The van der Waals surface area contributed by atoms with Gasteiger partial charge in [0.2, 0.25) is 11.8 Å². The van der Waals surface area contributed by atoms with E-state index in [4.69, 9.17) is 0 Å². The van der Waals surface area contributed by atoms with E-state index in [9.17, 15) is 14.4 Å². The number of nitrogens with one attached hydrogen (secondary N) is 2. The molecule has 24 heavy (non-hydrogen) atoms. The Bertz CT molecular complexity index is 564. The van der Waals surface area contributed by atoms with Crippen molar-refractivity contribution in [1.82, 2.24) is 15.5 Å². The van der Waals surface area contributed by atoms with E-state index in [-0.39, 0.29) is 29.6 Å². The number of amides is 3. The topological polar surface area (TPSA) is 78.5 Å². The van der Waals surface area contributed by atoms with Gasteiger partial charge in [-0.3, -0.25) is 14.4 Å². The highest BCUT2D eigenvalue weighted by Gasteiger charge is 2.27. The third-order valence-corrected chi connectivity index (χ3v) is 4.99. The van der Waals surface area contributed by atoms with Crippen LogP contribution < -0.4 is 10.6 Å². The lowest BCUT2D eigenvalue weighted by atomic mass is 9.96. The van der Waals surface area contributed by atoms with Crippen molar-refractivity contribution in [2.75, 3.05) is 26.2 Å². The first-order valence-corrected chi connectivity index (χ1v) is 9.25. The van der Waals surface area contributed by atoms with Crippen LogP contribution >= 0.6 is 11.3 Å². The molecule has 2 heterocycles. The zero-order chi connectivity index (χ0) is 17.5. The molecule has 0 atom stereocenters. The summed E-state index contributed by atoms with van der Waals surface area (Å²) in [5.41, 5.74) is 0. The average Bonchev–Trinajstić information content (AvgIpc) is 3.12. The van der Waals surface area contributed by atoms with Crippen LogP contribution in [0, 0.1) is 11.8 Å². The van der Waals surface area contributed by atoms with Crippen molar-refractivity contribution in [1.29, 1.82) is 0 Å². The molecular weight excluding hydrogens is 326 g/mol. The number of thiophene rings is 1. The van der Waals surface area contributed by atoms with Gasteiger partial charge in [0.05, 0.1) is 4.88 Å². The minimum atomic E-state index is -0.0572. The number of nitrogens with zero attached hydrogens (tertiary/aromatic N) is 1. The predicted octanol–water partition coefficient (Wildman–Crippen LogP) is 1.49. The molecule has 1 aromatic rings. The molecule has 1 aliphatic rings. The molecule has 1 aromatic heterocycles. The Balaban J connectivity index is 1.67. The highest BCUT2D eigenvalue weighted by atomic mass is 32.1. The summed E-state index contributed by atoms with van der Waals surface area (Å²) < 4.78 is 0. The molecular formula is C17H25N3O3S. The maximum Gasteiger partial charge on any atom is 0.263 e. The second-order valence-electron chi connectivity index (χ2n) is 6.28. The summed E-state index contributed by atoms with van der Waals surface area (Å²) in [5.74, 6) is -0.0500. The highest BCUT2D eigenvalue weighted by Crippen LogP contribution is 2.20. The van der Waals surface area contributed by atoms with Crippen LogP contribution in [0.15, 0.2) is 17.5 Å². The molecule has 132 valence electrons. The molecule has 0 aliphatic carbocycles. The Labute approximate surface area is 146 Å². The van der Waals surface area contributed by atoms with Gasteiger partial charge in [-0.15, -0.1) is 11.3 Å². The van der Waals surface area contributed by atoms with Gasteiger partial charge in [0.15, 0.2) is 0 Å². The molecule has 0 aromatic carbocycles. The van der Waals surface area contributed by atoms with Crippen molar-refractivity contribution in [2.45, 2.75) is 26.7 Å². The third-order valence-electron chi connectivity index (χ3n) is 4.13. The number of hydrogen-bond acceptors (Lipinski definition) is 4. The maximum atomic E-state index is 12.3. The number of carbonyl (C=O) groups excluding carboxylic acids is 3. The average molecular weight is 351 g/mol. The van der Waals surface area contributed by atoms with E-state index in [1.807, 2.05) is 36.3 Å². The van der Waals surface area contributed by atoms with Gasteiger partial charge in [0, 0.05) is 38.0 Å². The van der Waals surface area contributed by atoms with E-state index in [0.717, 1.165) is 4.88 Å². The van der Waals surface area contributed by atoms with Crippen LogP contribution in [-0.2, 0) is 9.59 Å². The molecule has 0 unspecified atom stereocenters. The Hall–Kier alpha value is -1.89. The largest absolute Gasteiger partial charge is 0.354 e. The van der Waals surface area contributed by atoms with Crippen LogP contribution in [-0.4, -0.2) is 48.8 Å². The van der Waals surface area contributed by atoms with E-state index < -0.39 is 0 Å². The molecule has 1 fully saturated rings. The fourth-order valence-electron chi connectivity index (χ4n) is 2.62. The van der Waals surface area contributed by atoms with E-state index >= 15 is 0 Å². The van der Waals surface area contributed by atoms with Crippen molar-refractivity contribution in [3.8, 4) is 0 Å². The Morgan fingerprint density at radius 2 is 1.88 bits per heavy atom. The van der Waals surface area contributed by atoms with Crippen molar-refractivity contribution < 1.29 is 14.4 Å². The Kier molecular flexibility index (Phi) is 6.78. The summed E-state index contributed by atoms with van der Waals surface area (Å²) in [6, 6.07) is 3.70. The molecule has 2 N–H and O–H groups in total. The van der Waals surface area contributed by atoms with Gasteiger partial charge in [0.25, 0.3) is 5.91 Å². The second kappa shape index (κ2) is 8.82. The van der Waals surface area contributed by atoms with Crippen LogP contribution in [0.4, 0.5) is 0 Å². The van der Waals surface area contributed by atoms with Crippen molar-refractivity contribution in [2.24, 2.45) is 11.8 Å². The summed E-state index contributed by atoms with van der Waals surface area (Å²) in [7, 11) is 0. The normalized spacial score (nSPS) is 15.4. The molecule has 0 spiro atoms. The third kappa shape index (κ3) is 5.06. The van der Waals surface area contributed by atoms with Crippen LogP contribution in [0.3, 0.4) is 0 Å². The first-order chi connectivity index (χ1) is 11.5. The number of piperidine rings is 1. The van der Waals surface area contributed by atoms with Crippen molar-refractivity contribution >= 4 is 29.1 Å². The highest BCUT2D eigenvalue weighted by molar-refractivity contribution is 7.12. The minimum absolute atomic E-state index is 0.00959. The second-order valence-corrected chi connectivity index (χ2v) is 7.23. The van der Waals surface area contributed by atoms with E-state index in [0.29, 0.717) is 39.0 Å². The zero-order valence-electron chi connectivity index (χ0n) is 14.2. The van der Waals surface area contributed by atoms with Gasteiger partial charge < -0.3 is 15.5 Å². The van der Waals surface area contributed by atoms with Crippen molar-refractivity contribution in [3.63, 3.8) is 0 Å². The molecule has 0 radical (unpaired) electrons. The smallest absolute Gasteiger partial charge is 0.263 e. The van der Waals surface area contributed by atoms with Gasteiger partial charge in [-0.2, -0.15) is 0 Å². The summed E-state index contributed by atoms with van der Waals surface area (Å²) in [6.45, 7) is 5.76.